The maximum absolute atomic E-state index is 12.7. The van der Waals surface area contributed by atoms with Gasteiger partial charge in [-0.15, -0.1) is 0 Å². The molecule has 21 heavy (non-hydrogen) atoms. The van der Waals surface area contributed by atoms with Crippen molar-refractivity contribution in [3.05, 3.63) is 72.1 Å². The van der Waals surface area contributed by atoms with Gasteiger partial charge in [-0.3, -0.25) is 9.78 Å². The number of aromatic nitrogens is 1. The van der Waals surface area contributed by atoms with Crippen LogP contribution in [0.4, 0.5) is 5.69 Å². The molecule has 1 aliphatic rings. The van der Waals surface area contributed by atoms with E-state index in [1.54, 1.807) is 6.20 Å². The minimum absolute atomic E-state index is 0.0225. The van der Waals surface area contributed by atoms with Crippen molar-refractivity contribution < 1.29 is 4.79 Å². The third-order valence-electron chi connectivity index (χ3n) is 3.98. The summed E-state index contributed by atoms with van der Waals surface area (Å²) in [6.45, 7) is 0.729. The van der Waals surface area contributed by atoms with Gasteiger partial charge in [-0.25, -0.2) is 0 Å². The predicted octanol–water partition coefficient (Wildman–Crippen LogP) is 3.44. The molecule has 3 nitrogen and oxygen atoms in total. The average Bonchev–Trinajstić information content (AvgIpc) is 2.98. The molecule has 0 radical (unpaired) electrons. The van der Waals surface area contributed by atoms with E-state index in [1.807, 2.05) is 53.4 Å². The molecule has 3 aromatic rings. The number of benzene rings is 2. The minimum atomic E-state index is -0.0225. The smallest absolute Gasteiger partial charge is 0.276 e. The van der Waals surface area contributed by atoms with E-state index in [-0.39, 0.29) is 5.91 Å². The maximum atomic E-state index is 12.7. The zero-order valence-electron chi connectivity index (χ0n) is 11.5. The number of carbonyl (C=O) groups is 1. The molecule has 0 N–H and O–H groups in total. The number of amides is 1. The Morgan fingerprint density at radius 1 is 1.00 bits per heavy atom. The van der Waals surface area contributed by atoms with E-state index in [0.29, 0.717) is 5.69 Å². The first-order valence-electron chi connectivity index (χ1n) is 7.07. The predicted molar refractivity (Wildman–Crippen MR) is 83.6 cm³/mol. The Bertz CT molecular complexity index is 841. The van der Waals surface area contributed by atoms with Gasteiger partial charge in [0.15, 0.2) is 0 Å². The molecule has 0 bridgehead atoms. The fourth-order valence-corrected chi connectivity index (χ4v) is 2.89. The highest BCUT2D eigenvalue weighted by Crippen LogP contribution is 2.28. The molecule has 0 atom stereocenters. The van der Waals surface area contributed by atoms with Gasteiger partial charge in [-0.05, 0) is 29.5 Å². The number of nitrogens with zero attached hydrogens (tertiary/aromatic N) is 2. The number of fused-ring (bicyclic) bond motifs is 2. The van der Waals surface area contributed by atoms with Crippen molar-refractivity contribution in [3.8, 4) is 0 Å². The van der Waals surface area contributed by atoms with E-state index >= 15 is 0 Å². The second-order valence-corrected chi connectivity index (χ2v) is 5.25. The monoisotopic (exact) mass is 274 g/mol. The summed E-state index contributed by atoms with van der Waals surface area (Å²) in [6, 6.07) is 17.9. The summed E-state index contributed by atoms with van der Waals surface area (Å²) in [6.07, 6.45) is 2.68. The lowest BCUT2D eigenvalue weighted by Crippen LogP contribution is -2.29. The van der Waals surface area contributed by atoms with Gasteiger partial charge in [0, 0.05) is 23.8 Å². The van der Waals surface area contributed by atoms with Crippen LogP contribution in [0.5, 0.6) is 0 Å². The molecule has 1 amide bonds. The largest absolute Gasteiger partial charge is 0.306 e. The number of hydrogen-bond donors (Lipinski definition) is 0. The van der Waals surface area contributed by atoms with Crippen molar-refractivity contribution >= 4 is 22.4 Å². The first-order valence-corrected chi connectivity index (χ1v) is 7.07. The Morgan fingerprint density at radius 3 is 2.67 bits per heavy atom. The molecule has 0 unspecified atom stereocenters. The molecule has 2 heterocycles. The van der Waals surface area contributed by atoms with E-state index in [1.165, 1.54) is 5.56 Å². The highest BCUT2D eigenvalue weighted by Gasteiger charge is 2.25. The van der Waals surface area contributed by atoms with Crippen LogP contribution in [0.3, 0.4) is 0 Å². The highest BCUT2D eigenvalue weighted by molar-refractivity contribution is 6.07. The van der Waals surface area contributed by atoms with Crippen molar-refractivity contribution in [2.75, 3.05) is 11.4 Å². The molecule has 1 aliphatic heterocycles. The van der Waals surface area contributed by atoms with Crippen molar-refractivity contribution in [3.63, 3.8) is 0 Å². The van der Waals surface area contributed by atoms with E-state index in [0.717, 1.165) is 29.4 Å². The molecule has 0 saturated carbocycles. The Labute approximate surface area is 122 Å². The molecule has 0 spiro atoms. The molecule has 0 aliphatic carbocycles. The standard InChI is InChI=1S/C18H14N2O/c21-18(20-10-9-13-5-3-4-8-17(13)20)16-11-14-6-1-2-7-15(14)12-19-16/h1-8,11-12H,9-10H2. The molecule has 4 rings (SSSR count). The van der Waals surface area contributed by atoms with Gasteiger partial charge in [-0.2, -0.15) is 0 Å². The zero-order chi connectivity index (χ0) is 14.2. The molecule has 2 aromatic carbocycles. The maximum Gasteiger partial charge on any atom is 0.276 e. The summed E-state index contributed by atoms with van der Waals surface area (Å²) in [4.78, 5) is 18.9. The van der Waals surface area contributed by atoms with E-state index in [4.69, 9.17) is 0 Å². The van der Waals surface area contributed by atoms with Gasteiger partial charge >= 0.3 is 0 Å². The second-order valence-electron chi connectivity index (χ2n) is 5.25. The molecule has 0 fully saturated rings. The molecule has 3 heteroatoms. The van der Waals surface area contributed by atoms with Crippen molar-refractivity contribution in [2.24, 2.45) is 0 Å². The lowest BCUT2D eigenvalue weighted by molar-refractivity contribution is 0.0985. The van der Waals surface area contributed by atoms with Gasteiger partial charge in [0.2, 0.25) is 0 Å². The molecular weight excluding hydrogens is 260 g/mol. The first-order chi connectivity index (χ1) is 10.3. The number of pyridine rings is 1. The fourth-order valence-electron chi connectivity index (χ4n) is 2.89. The lowest BCUT2D eigenvalue weighted by Gasteiger charge is -2.16. The normalized spacial score (nSPS) is 13.4. The Balaban J connectivity index is 1.74. The molecule has 0 saturated heterocycles. The number of rotatable bonds is 1. The molecule has 102 valence electrons. The van der Waals surface area contributed by atoms with Crippen LogP contribution in [0.15, 0.2) is 60.8 Å². The van der Waals surface area contributed by atoms with Gasteiger partial charge < -0.3 is 4.90 Å². The zero-order valence-corrected chi connectivity index (χ0v) is 11.5. The number of anilines is 1. The van der Waals surface area contributed by atoms with Crippen LogP contribution in [0.2, 0.25) is 0 Å². The molecule has 1 aromatic heterocycles. The number of para-hydroxylation sites is 1. The highest BCUT2D eigenvalue weighted by atomic mass is 16.2. The van der Waals surface area contributed by atoms with Crippen LogP contribution in [0.1, 0.15) is 16.1 Å². The van der Waals surface area contributed by atoms with Gasteiger partial charge in [-0.1, -0.05) is 42.5 Å². The quantitative estimate of drug-likeness (QED) is 0.681. The summed E-state index contributed by atoms with van der Waals surface area (Å²) < 4.78 is 0. The van der Waals surface area contributed by atoms with Crippen molar-refractivity contribution in [1.82, 2.24) is 4.98 Å². The first kappa shape index (κ1) is 12.1. The van der Waals surface area contributed by atoms with E-state index in [2.05, 4.69) is 11.1 Å². The third kappa shape index (κ3) is 1.98. The minimum Gasteiger partial charge on any atom is -0.306 e. The summed E-state index contributed by atoms with van der Waals surface area (Å²) >= 11 is 0. The van der Waals surface area contributed by atoms with E-state index < -0.39 is 0 Å². The van der Waals surface area contributed by atoms with Gasteiger partial charge in [0.25, 0.3) is 5.91 Å². The summed E-state index contributed by atoms with van der Waals surface area (Å²) in [7, 11) is 0. The summed E-state index contributed by atoms with van der Waals surface area (Å²) in [5, 5.41) is 2.10. The lowest BCUT2D eigenvalue weighted by atomic mass is 10.1. The van der Waals surface area contributed by atoms with Crippen LogP contribution in [0.25, 0.3) is 10.8 Å². The summed E-state index contributed by atoms with van der Waals surface area (Å²) in [5.74, 6) is -0.0225. The van der Waals surface area contributed by atoms with Crippen molar-refractivity contribution in [2.45, 2.75) is 6.42 Å². The summed E-state index contributed by atoms with van der Waals surface area (Å²) in [5.41, 5.74) is 2.74. The Kier molecular flexibility index (Phi) is 2.71. The number of carbonyl (C=O) groups excluding carboxylic acids is 1. The SMILES string of the molecule is O=C(c1cc2ccccc2cn1)N1CCc2ccccc21. The Morgan fingerprint density at radius 2 is 1.76 bits per heavy atom. The topological polar surface area (TPSA) is 33.2 Å². The number of hydrogen-bond acceptors (Lipinski definition) is 2. The van der Waals surface area contributed by atoms with Crippen molar-refractivity contribution in [1.29, 1.82) is 0 Å². The van der Waals surface area contributed by atoms with Crippen LogP contribution in [-0.4, -0.2) is 17.4 Å². The second kappa shape index (κ2) is 4.70. The third-order valence-corrected chi connectivity index (χ3v) is 3.98. The Hall–Kier alpha value is -2.68. The van der Waals surface area contributed by atoms with Crippen LogP contribution < -0.4 is 4.90 Å². The van der Waals surface area contributed by atoms with Crippen LogP contribution in [-0.2, 0) is 6.42 Å². The van der Waals surface area contributed by atoms with Crippen LogP contribution in [0, 0.1) is 0 Å². The molecular formula is C18H14N2O. The van der Waals surface area contributed by atoms with E-state index in [9.17, 15) is 4.79 Å². The fraction of sp³-hybridized carbons (Fsp3) is 0.111. The van der Waals surface area contributed by atoms with Gasteiger partial charge in [0.1, 0.15) is 5.69 Å². The van der Waals surface area contributed by atoms with Crippen LogP contribution >= 0.6 is 0 Å². The average molecular weight is 274 g/mol. The van der Waals surface area contributed by atoms with Gasteiger partial charge in [0.05, 0.1) is 0 Å².